The second-order valence-corrected chi connectivity index (χ2v) is 9.75. The molecule has 0 fully saturated rings. The number of benzene rings is 2. The van der Waals surface area contributed by atoms with Crippen LogP contribution in [-0.2, 0) is 24.2 Å². The van der Waals surface area contributed by atoms with Crippen molar-refractivity contribution in [2.45, 2.75) is 17.9 Å². The Morgan fingerprint density at radius 1 is 1.03 bits per heavy atom. The molecule has 9 nitrogen and oxygen atoms in total. The van der Waals surface area contributed by atoms with Crippen molar-refractivity contribution in [3.8, 4) is 0 Å². The summed E-state index contributed by atoms with van der Waals surface area (Å²) < 4.78 is 27.8. The Morgan fingerprint density at radius 3 is 2.00 bits per heavy atom. The van der Waals surface area contributed by atoms with E-state index in [4.69, 9.17) is 27.9 Å². The average Bonchev–Trinajstić information content (AvgIpc) is 2.95. The van der Waals surface area contributed by atoms with Gasteiger partial charge in [0.05, 0.1) is 26.1 Å². The predicted octanol–water partition coefficient (Wildman–Crippen LogP) is 2.56. The summed E-state index contributed by atoms with van der Waals surface area (Å²) in [6, 6.07) is 6.60. The largest absolute Gasteiger partial charge is 0.454 e. The monoisotopic (exact) mass is 498 g/mol. The quantitative estimate of drug-likeness (QED) is 0.478. The molecule has 168 valence electrons. The van der Waals surface area contributed by atoms with Crippen LogP contribution in [0.2, 0.25) is 10.0 Å². The van der Waals surface area contributed by atoms with Gasteiger partial charge >= 0.3 is 5.97 Å². The van der Waals surface area contributed by atoms with Crippen LogP contribution >= 0.6 is 23.2 Å². The van der Waals surface area contributed by atoms with Gasteiger partial charge in [0.15, 0.2) is 16.4 Å². The van der Waals surface area contributed by atoms with Crippen LogP contribution in [0.15, 0.2) is 41.3 Å². The van der Waals surface area contributed by atoms with Crippen LogP contribution in [0.4, 0.5) is 5.69 Å². The lowest BCUT2D eigenvalue weighted by atomic mass is 10.1. The van der Waals surface area contributed by atoms with E-state index in [1.54, 1.807) is 0 Å². The number of esters is 1. The zero-order chi connectivity index (χ0) is 23.8. The third-order valence-electron chi connectivity index (χ3n) is 4.60. The van der Waals surface area contributed by atoms with Gasteiger partial charge in [-0.2, -0.15) is 0 Å². The molecule has 0 spiro atoms. The second-order valence-electron chi connectivity index (χ2n) is 6.92. The average molecular weight is 499 g/mol. The normalized spacial score (nSPS) is 14.2. The third-order valence-corrected chi connectivity index (χ3v) is 6.45. The standard InChI is InChI=1S/C20H16Cl2N2O7S/c1-10(24-18(26)13-7-15(21)16(22)8-14(13)19(24)27)20(28)31-9-17(25)23-11-3-5-12(6-4-11)32(2,29)30/h3-8,10H,9H2,1-2H3,(H,23,25)/t10-/m0/s1. The molecule has 0 radical (unpaired) electrons. The smallest absolute Gasteiger partial charge is 0.329 e. The Morgan fingerprint density at radius 2 is 1.53 bits per heavy atom. The molecule has 0 bridgehead atoms. The molecule has 1 aliphatic rings. The van der Waals surface area contributed by atoms with Gasteiger partial charge < -0.3 is 10.1 Å². The van der Waals surface area contributed by atoms with Gasteiger partial charge in [0.1, 0.15) is 6.04 Å². The van der Waals surface area contributed by atoms with Gasteiger partial charge in [-0.3, -0.25) is 19.3 Å². The number of hydrogen-bond acceptors (Lipinski definition) is 7. The first-order valence-electron chi connectivity index (χ1n) is 9.03. The topological polar surface area (TPSA) is 127 Å². The molecule has 3 rings (SSSR count). The molecule has 0 aromatic heterocycles. The van der Waals surface area contributed by atoms with Crippen LogP contribution in [0.25, 0.3) is 0 Å². The summed E-state index contributed by atoms with van der Waals surface area (Å²) in [5, 5.41) is 2.62. The number of sulfone groups is 1. The molecule has 0 saturated carbocycles. The van der Waals surface area contributed by atoms with E-state index in [1.807, 2.05) is 0 Å². The summed E-state index contributed by atoms with van der Waals surface area (Å²) in [6.45, 7) is 0.604. The van der Waals surface area contributed by atoms with Crippen molar-refractivity contribution in [1.29, 1.82) is 0 Å². The first-order valence-corrected chi connectivity index (χ1v) is 11.7. The van der Waals surface area contributed by atoms with Crippen LogP contribution in [0.1, 0.15) is 27.6 Å². The van der Waals surface area contributed by atoms with Gasteiger partial charge in [-0.15, -0.1) is 0 Å². The van der Waals surface area contributed by atoms with E-state index in [1.165, 1.54) is 43.3 Å². The molecule has 1 atom stereocenters. The molecule has 12 heteroatoms. The number of anilines is 1. The fraction of sp³-hybridized carbons (Fsp3) is 0.200. The molecule has 0 unspecified atom stereocenters. The summed E-state index contributed by atoms with van der Waals surface area (Å²) in [6.07, 6.45) is 1.05. The number of nitrogens with one attached hydrogen (secondary N) is 1. The van der Waals surface area contributed by atoms with Crippen molar-refractivity contribution in [3.05, 3.63) is 57.6 Å². The molecule has 1 aliphatic heterocycles. The van der Waals surface area contributed by atoms with E-state index < -0.39 is 46.2 Å². The maximum atomic E-state index is 12.6. The SMILES string of the molecule is C[C@@H](C(=O)OCC(=O)Nc1ccc(S(C)(=O)=O)cc1)N1C(=O)c2cc(Cl)c(Cl)cc2C1=O. The molecule has 3 amide bonds. The minimum atomic E-state index is -3.38. The van der Waals surface area contributed by atoms with E-state index in [0.29, 0.717) is 10.6 Å². The molecule has 2 aromatic carbocycles. The van der Waals surface area contributed by atoms with E-state index in [0.717, 1.165) is 6.26 Å². The number of amides is 3. The fourth-order valence-electron chi connectivity index (χ4n) is 2.95. The van der Waals surface area contributed by atoms with Crippen molar-refractivity contribution < 1.29 is 32.3 Å². The molecular weight excluding hydrogens is 483 g/mol. The molecule has 1 N–H and O–H groups in total. The number of ether oxygens (including phenoxy) is 1. The van der Waals surface area contributed by atoms with Crippen molar-refractivity contribution in [1.82, 2.24) is 4.90 Å². The Balaban J connectivity index is 1.61. The molecule has 1 heterocycles. The lowest BCUT2D eigenvalue weighted by Gasteiger charge is -2.20. The number of nitrogens with zero attached hydrogens (tertiary/aromatic N) is 1. The first kappa shape index (κ1) is 23.7. The number of imide groups is 1. The van der Waals surface area contributed by atoms with Gasteiger partial charge in [0.25, 0.3) is 17.7 Å². The number of carbonyl (C=O) groups excluding carboxylic acids is 4. The van der Waals surface area contributed by atoms with E-state index in [9.17, 15) is 27.6 Å². The lowest BCUT2D eigenvalue weighted by molar-refractivity contribution is -0.150. The summed E-state index contributed by atoms with van der Waals surface area (Å²) >= 11 is 11.8. The number of fused-ring (bicyclic) bond motifs is 1. The Bertz CT molecular complexity index is 1200. The molecular formula is C20H16Cl2N2O7S. The second kappa shape index (κ2) is 8.89. The highest BCUT2D eigenvalue weighted by Gasteiger charge is 2.42. The van der Waals surface area contributed by atoms with Gasteiger partial charge in [-0.25, -0.2) is 13.2 Å². The highest BCUT2D eigenvalue weighted by molar-refractivity contribution is 7.90. The van der Waals surface area contributed by atoms with Crippen LogP contribution in [0.3, 0.4) is 0 Å². The Labute approximate surface area is 193 Å². The molecule has 0 saturated heterocycles. The maximum absolute atomic E-state index is 12.6. The summed E-state index contributed by atoms with van der Waals surface area (Å²) in [5.74, 6) is -3.13. The molecule has 2 aromatic rings. The van der Waals surface area contributed by atoms with Crippen LogP contribution in [0, 0.1) is 0 Å². The summed E-state index contributed by atoms with van der Waals surface area (Å²) in [7, 11) is -3.38. The van der Waals surface area contributed by atoms with E-state index >= 15 is 0 Å². The van der Waals surface area contributed by atoms with Crippen molar-refractivity contribution >= 4 is 62.4 Å². The zero-order valence-corrected chi connectivity index (χ0v) is 19.0. The fourth-order valence-corrected chi connectivity index (χ4v) is 3.91. The van der Waals surface area contributed by atoms with Crippen molar-refractivity contribution in [2.24, 2.45) is 0 Å². The van der Waals surface area contributed by atoms with Crippen LogP contribution < -0.4 is 5.32 Å². The van der Waals surface area contributed by atoms with Crippen molar-refractivity contribution in [3.63, 3.8) is 0 Å². The van der Waals surface area contributed by atoms with Gasteiger partial charge in [-0.1, -0.05) is 23.2 Å². The minimum absolute atomic E-state index is 0.0133. The van der Waals surface area contributed by atoms with E-state index in [-0.39, 0.29) is 26.1 Å². The molecule has 32 heavy (non-hydrogen) atoms. The zero-order valence-electron chi connectivity index (χ0n) is 16.7. The van der Waals surface area contributed by atoms with Gasteiger partial charge in [0.2, 0.25) is 0 Å². The summed E-state index contributed by atoms with van der Waals surface area (Å²) in [5.41, 5.74) is 0.319. The van der Waals surface area contributed by atoms with Crippen LogP contribution in [-0.4, -0.2) is 55.9 Å². The van der Waals surface area contributed by atoms with Gasteiger partial charge in [-0.05, 0) is 43.3 Å². The third kappa shape index (κ3) is 4.77. The van der Waals surface area contributed by atoms with Gasteiger partial charge in [0, 0.05) is 11.9 Å². The predicted molar refractivity (Wildman–Crippen MR) is 116 cm³/mol. The van der Waals surface area contributed by atoms with Crippen LogP contribution in [0.5, 0.6) is 0 Å². The summed E-state index contributed by atoms with van der Waals surface area (Å²) in [4.78, 5) is 50.3. The van der Waals surface area contributed by atoms with E-state index in [2.05, 4.69) is 5.32 Å². The number of halogens is 2. The highest BCUT2D eigenvalue weighted by Crippen LogP contribution is 2.32. The maximum Gasteiger partial charge on any atom is 0.329 e. The highest BCUT2D eigenvalue weighted by atomic mass is 35.5. The minimum Gasteiger partial charge on any atom is -0.454 e. The molecule has 0 aliphatic carbocycles. The number of hydrogen-bond donors (Lipinski definition) is 1. The number of carbonyl (C=O) groups is 4. The first-order chi connectivity index (χ1) is 14.9. The Hall–Kier alpha value is -2.95. The Kier molecular flexibility index (Phi) is 6.59. The van der Waals surface area contributed by atoms with Crippen molar-refractivity contribution in [2.75, 3.05) is 18.2 Å². The lowest BCUT2D eigenvalue weighted by Crippen LogP contribution is -2.44. The number of rotatable bonds is 6.